The molecule has 0 unspecified atom stereocenters. The number of hydrogen-bond acceptors (Lipinski definition) is 2. The van der Waals surface area contributed by atoms with Gasteiger partial charge in [0.15, 0.2) is 0 Å². The van der Waals surface area contributed by atoms with Crippen LogP contribution in [0.3, 0.4) is 0 Å². The zero-order valence-electron chi connectivity index (χ0n) is 4.48. The molecule has 46 valence electrons. The molecule has 0 aromatic rings. The van der Waals surface area contributed by atoms with E-state index in [1.165, 1.54) is 0 Å². The van der Waals surface area contributed by atoms with Crippen LogP contribution in [0, 0.1) is 0 Å². The first kappa shape index (κ1) is 7.66. The minimum Gasteiger partial charge on any atom is -0.330 e. The van der Waals surface area contributed by atoms with Crippen LogP contribution in [0.25, 0.3) is 0 Å². The van der Waals surface area contributed by atoms with Crippen LogP contribution in [0.4, 0.5) is 0 Å². The Morgan fingerprint density at radius 2 is 2.25 bits per heavy atom. The van der Waals surface area contributed by atoms with Gasteiger partial charge in [0.25, 0.3) is 0 Å². The predicted molar refractivity (Wildman–Crippen MR) is 33.7 cm³/mol. The predicted octanol–water partition coefficient (Wildman–Crippen LogP) is 0.657. The second-order valence-corrected chi connectivity index (χ2v) is 1.76. The highest BCUT2D eigenvalue weighted by atomic mass is 35.5. The van der Waals surface area contributed by atoms with Gasteiger partial charge in [-0.1, -0.05) is 6.58 Å². The van der Waals surface area contributed by atoms with E-state index in [1.54, 1.807) is 0 Å². The molecule has 0 saturated carbocycles. The Morgan fingerprint density at radius 1 is 1.75 bits per heavy atom. The van der Waals surface area contributed by atoms with Crippen molar-refractivity contribution < 1.29 is 4.79 Å². The van der Waals surface area contributed by atoms with Gasteiger partial charge in [-0.3, -0.25) is 4.79 Å². The Bertz CT molecular complexity index is 111. The van der Waals surface area contributed by atoms with Crippen molar-refractivity contribution in [1.29, 1.82) is 0 Å². The van der Waals surface area contributed by atoms with Crippen molar-refractivity contribution in [1.82, 2.24) is 0 Å². The minimum absolute atomic E-state index is 0.383. The van der Waals surface area contributed by atoms with E-state index in [0.29, 0.717) is 18.5 Å². The second-order valence-electron chi connectivity index (χ2n) is 1.42. The summed E-state index contributed by atoms with van der Waals surface area (Å²) < 4.78 is 0. The molecule has 0 aromatic heterocycles. The van der Waals surface area contributed by atoms with Crippen molar-refractivity contribution in [2.75, 3.05) is 6.54 Å². The Kier molecular flexibility index (Phi) is 3.48. The summed E-state index contributed by atoms with van der Waals surface area (Å²) in [5, 5.41) is -0.490. The molecule has 0 aliphatic carbocycles. The Morgan fingerprint density at radius 3 is 2.38 bits per heavy atom. The molecule has 8 heavy (non-hydrogen) atoms. The standard InChI is InChI=1S/C5H8ClNO/c1-4(2-3-7)5(6)8/h1-3,7H2. The monoisotopic (exact) mass is 133 g/mol. The Balaban J connectivity index is 3.49. The summed E-state index contributed by atoms with van der Waals surface area (Å²) in [4.78, 5) is 10.1. The van der Waals surface area contributed by atoms with Gasteiger partial charge in [-0.05, 0) is 24.6 Å². The van der Waals surface area contributed by atoms with E-state index in [0.717, 1.165) is 0 Å². The van der Waals surface area contributed by atoms with Crippen molar-refractivity contribution >= 4 is 16.8 Å². The van der Waals surface area contributed by atoms with Crippen molar-refractivity contribution in [3.63, 3.8) is 0 Å². The maximum absolute atomic E-state index is 10.1. The summed E-state index contributed by atoms with van der Waals surface area (Å²) in [7, 11) is 0. The van der Waals surface area contributed by atoms with Gasteiger partial charge in [-0.2, -0.15) is 0 Å². The van der Waals surface area contributed by atoms with Gasteiger partial charge >= 0.3 is 0 Å². The van der Waals surface area contributed by atoms with Gasteiger partial charge in [0, 0.05) is 5.57 Å². The molecule has 0 radical (unpaired) electrons. The highest BCUT2D eigenvalue weighted by molar-refractivity contribution is 6.67. The van der Waals surface area contributed by atoms with Crippen LogP contribution in [-0.2, 0) is 4.79 Å². The normalized spacial score (nSPS) is 8.75. The topological polar surface area (TPSA) is 43.1 Å². The van der Waals surface area contributed by atoms with Crippen molar-refractivity contribution in [2.45, 2.75) is 6.42 Å². The number of rotatable bonds is 3. The minimum atomic E-state index is -0.490. The van der Waals surface area contributed by atoms with Crippen LogP contribution in [-0.4, -0.2) is 11.8 Å². The smallest absolute Gasteiger partial charge is 0.247 e. The average Bonchev–Trinajstić information content (AvgIpc) is 1.67. The molecule has 0 atom stereocenters. The highest BCUT2D eigenvalue weighted by Crippen LogP contribution is 1.99. The molecule has 2 N–H and O–H groups in total. The molecule has 0 saturated heterocycles. The largest absolute Gasteiger partial charge is 0.330 e. The summed E-state index contributed by atoms with van der Waals surface area (Å²) in [6.07, 6.45) is 0.488. The molecular weight excluding hydrogens is 126 g/mol. The fourth-order valence-electron chi connectivity index (χ4n) is 0.273. The van der Waals surface area contributed by atoms with Crippen LogP contribution in [0.5, 0.6) is 0 Å². The van der Waals surface area contributed by atoms with E-state index < -0.39 is 5.24 Å². The lowest BCUT2D eigenvalue weighted by atomic mass is 10.2. The molecule has 0 fully saturated rings. The first-order chi connectivity index (χ1) is 3.68. The summed E-state index contributed by atoms with van der Waals surface area (Å²) in [5.41, 5.74) is 5.48. The van der Waals surface area contributed by atoms with Crippen molar-refractivity contribution in [3.8, 4) is 0 Å². The maximum Gasteiger partial charge on any atom is 0.247 e. The second kappa shape index (κ2) is 3.64. The van der Waals surface area contributed by atoms with E-state index in [9.17, 15) is 4.79 Å². The molecule has 0 aliphatic heterocycles. The van der Waals surface area contributed by atoms with E-state index in [4.69, 9.17) is 17.3 Å². The molecule has 2 nitrogen and oxygen atoms in total. The van der Waals surface area contributed by atoms with E-state index in [-0.39, 0.29) is 0 Å². The first-order valence-electron chi connectivity index (χ1n) is 2.26. The maximum atomic E-state index is 10.1. The number of hydrogen-bond donors (Lipinski definition) is 1. The first-order valence-corrected chi connectivity index (χ1v) is 2.64. The zero-order valence-corrected chi connectivity index (χ0v) is 5.24. The lowest BCUT2D eigenvalue weighted by molar-refractivity contribution is -0.108. The van der Waals surface area contributed by atoms with Gasteiger partial charge in [-0.15, -0.1) is 0 Å². The molecule has 0 rings (SSSR count). The number of carbonyl (C=O) groups is 1. The fraction of sp³-hybridized carbons (Fsp3) is 0.400. The molecule has 0 amide bonds. The molecule has 0 heterocycles. The van der Waals surface area contributed by atoms with Gasteiger partial charge in [0.05, 0.1) is 0 Å². The Labute approximate surface area is 53.3 Å². The molecule has 3 heteroatoms. The Hall–Kier alpha value is -0.340. The summed E-state index contributed by atoms with van der Waals surface area (Å²) in [6, 6.07) is 0. The van der Waals surface area contributed by atoms with Crippen LogP contribution >= 0.6 is 11.6 Å². The number of carbonyl (C=O) groups excluding carboxylic acids is 1. The van der Waals surface area contributed by atoms with Crippen molar-refractivity contribution in [3.05, 3.63) is 12.2 Å². The number of halogens is 1. The fourth-order valence-corrected chi connectivity index (χ4v) is 0.367. The van der Waals surface area contributed by atoms with Crippen LogP contribution in [0.15, 0.2) is 12.2 Å². The molecule has 0 spiro atoms. The van der Waals surface area contributed by atoms with Crippen LogP contribution in [0.1, 0.15) is 6.42 Å². The molecule has 0 aromatic carbocycles. The third kappa shape index (κ3) is 2.77. The third-order valence-electron chi connectivity index (χ3n) is 0.724. The number of nitrogens with two attached hydrogens (primary N) is 1. The molecular formula is C5H8ClNO. The molecule has 0 aliphatic rings. The van der Waals surface area contributed by atoms with Crippen molar-refractivity contribution in [2.24, 2.45) is 5.73 Å². The average molecular weight is 134 g/mol. The summed E-state index contributed by atoms with van der Waals surface area (Å²) in [6.45, 7) is 3.81. The summed E-state index contributed by atoms with van der Waals surface area (Å²) >= 11 is 5.01. The van der Waals surface area contributed by atoms with Gasteiger partial charge < -0.3 is 5.73 Å². The van der Waals surface area contributed by atoms with Crippen LogP contribution in [0.2, 0.25) is 0 Å². The lowest BCUT2D eigenvalue weighted by Gasteiger charge is -1.91. The van der Waals surface area contributed by atoms with Gasteiger partial charge in [0.2, 0.25) is 5.24 Å². The van der Waals surface area contributed by atoms with Gasteiger partial charge in [0.1, 0.15) is 0 Å². The zero-order chi connectivity index (χ0) is 6.57. The van der Waals surface area contributed by atoms with Crippen LogP contribution < -0.4 is 5.73 Å². The highest BCUT2D eigenvalue weighted by Gasteiger charge is 1.98. The molecule has 0 bridgehead atoms. The van der Waals surface area contributed by atoms with E-state index in [2.05, 4.69) is 6.58 Å². The third-order valence-corrected chi connectivity index (χ3v) is 0.991. The lowest BCUT2D eigenvalue weighted by Crippen LogP contribution is -2.02. The van der Waals surface area contributed by atoms with E-state index in [1.807, 2.05) is 0 Å². The quantitative estimate of drug-likeness (QED) is 0.454. The van der Waals surface area contributed by atoms with E-state index >= 15 is 0 Å². The van der Waals surface area contributed by atoms with Gasteiger partial charge in [-0.25, -0.2) is 0 Å². The SMILES string of the molecule is C=C(CCN)C(=O)Cl. The summed E-state index contributed by atoms with van der Waals surface area (Å²) in [5.74, 6) is 0.